The van der Waals surface area contributed by atoms with Crippen LogP contribution in [0.5, 0.6) is 5.75 Å². The van der Waals surface area contributed by atoms with E-state index >= 15 is 0 Å². The molecule has 3 atom stereocenters. The largest absolute Gasteiger partial charge is 0.508 e. The first-order chi connectivity index (χ1) is 20.9. The van der Waals surface area contributed by atoms with Gasteiger partial charge in [0.15, 0.2) is 5.96 Å². The molecule has 0 aliphatic rings. The van der Waals surface area contributed by atoms with Crippen LogP contribution in [0.15, 0.2) is 59.6 Å². The summed E-state index contributed by atoms with van der Waals surface area (Å²) in [6.45, 7) is 4.86. The van der Waals surface area contributed by atoms with Crippen molar-refractivity contribution in [3.8, 4) is 5.75 Å². The molecule has 2 rings (SSSR count). The number of nitrogens with zero attached hydrogens (tertiary/aromatic N) is 1. The lowest BCUT2D eigenvalue weighted by atomic mass is 10.0. The second-order valence-electron chi connectivity index (χ2n) is 11.0. The molecule has 0 aliphatic heterocycles. The van der Waals surface area contributed by atoms with E-state index in [0.29, 0.717) is 19.4 Å². The number of hydrogen-bond acceptors (Lipinski definition) is 7. The molecular formula is C31H46N8O5. The first kappa shape index (κ1) is 35.5. The summed E-state index contributed by atoms with van der Waals surface area (Å²) >= 11 is 0. The fourth-order valence-electron chi connectivity index (χ4n) is 4.31. The lowest BCUT2D eigenvalue weighted by molar-refractivity contribution is -0.132. The van der Waals surface area contributed by atoms with E-state index < -0.39 is 41.8 Å². The standard InChI is InChI=1S/C31H46N8O5/c1-20(2)19-37-25(17-22-10-12-23(40)13-11-22)30(44)38-24(9-6-15-36-31(33)34)29(43)39-26(18-21-7-4-3-5-8-21)28(42)35-16-14-27(32)41/h3-5,7-8,10-13,20,24-26,37,40H,6,9,14-19H2,1-2H3,(H2,32,41)(H,35,42)(H,38,44)(H,39,43)(H4,33,34,36)/t24-,25+,26+/m1/s1. The normalized spacial score (nSPS) is 12.9. The maximum absolute atomic E-state index is 13.7. The van der Waals surface area contributed by atoms with Crippen molar-refractivity contribution in [3.05, 3.63) is 65.7 Å². The van der Waals surface area contributed by atoms with Gasteiger partial charge in [-0.2, -0.15) is 0 Å². The van der Waals surface area contributed by atoms with Crippen LogP contribution in [0.4, 0.5) is 0 Å². The molecule has 0 fully saturated rings. The number of carbonyl (C=O) groups is 4. The third kappa shape index (κ3) is 14.0. The smallest absolute Gasteiger partial charge is 0.243 e. The topological polar surface area (TPSA) is 227 Å². The maximum atomic E-state index is 13.7. The summed E-state index contributed by atoms with van der Waals surface area (Å²) in [5.74, 6) is -1.71. The zero-order chi connectivity index (χ0) is 32.5. The third-order valence-corrected chi connectivity index (χ3v) is 6.63. The molecule has 0 unspecified atom stereocenters. The molecule has 0 aliphatic carbocycles. The Balaban J connectivity index is 2.26. The molecule has 0 aromatic heterocycles. The summed E-state index contributed by atoms with van der Waals surface area (Å²) in [5.41, 5.74) is 17.7. The predicted octanol–water partition coefficient (Wildman–Crippen LogP) is -0.194. The summed E-state index contributed by atoms with van der Waals surface area (Å²) in [6, 6.07) is 13.1. The highest BCUT2D eigenvalue weighted by atomic mass is 16.3. The molecule has 0 bridgehead atoms. The number of phenols is 1. The molecule has 4 amide bonds. The highest BCUT2D eigenvalue weighted by molar-refractivity contribution is 5.93. The van der Waals surface area contributed by atoms with Crippen LogP contribution in [0, 0.1) is 5.92 Å². The van der Waals surface area contributed by atoms with E-state index in [-0.39, 0.29) is 50.0 Å². The predicted molar refractivity (Wildman–Crippen MR) is 169 cm³/mol. The summed E-state index contributed by atoms with van der Waals surface area (Å²) in [5, 5.41) is 21.2. The van der Waals surface area contributed by atoms with Crippen LogP contribution in [0.1, 0.15) is 44.2 Å². The van der Waals surface area contributed by atoms with E-state index in [2.05, 4.69) is 26.3 Å². The van der Waals surface area contributed by atoms with Crippen LogP contribution in [0.3, 0.4) is 0 Å². The molecule has 0 saturated carbocycles. The Morgan fingerprint density at radius 1 is 0.795 bits per heavy atom. The lowest BCUT2D eigenvalue weighted by Gasteiger charge is -2.26. The number of aromatic hydroxyl groups is 1. The van der Waals surface area contributed by atoms with E-state index in [1.807, 2.05) is 44.2 Å². The van der Waals surface area contributed by atoms with Gasteiger partial charge in [-0.1, -0.05) is 56.3 Å². The van der Waals surface area contributed by atoms with Crippen molar-refractivity contribution in [1.82, 2.24) is 21.3 Å². The van der Waals surface area contributed by atoms with Crippen molar-refractivity contribution in [2.24, 2.45) is 28.1 Å². The SMILES string of the molecule is CC(C)CN[C@@H](Cc1ccc(O)cc1)C(=O)N[C@H](CCCN=C(N)N)C(=O)N[C@@H](Cc1ccccc1)C(=O)NCCC(N)=O. The number of phenolic OH excluding ortho intramolecular Hbond substituents is 1. The van der Waals surface area contributed by atoms with E-state index in [0.717, 1.165) is 11.1 Å². The summed E-state index contributed by atoms with van der Waals surface area (Å²) in [4.78, 5) is 55.5. The van der Waals surface area contributed by atoms with E-state index in [4.69, 9.17) is 17.2 Å². The number of amides is 4. The van der Waals surface area contributed by atoms with Crippen molar-refractivity contribution < 1.29 is 24.3 Å². The Morgan fingerprint density at radius 3 is 2.00 bits per heavy atom. The monoisotopic (exact) mass is 610 g/mol. The van der Waals surface area contributed by atoms with E-state index in [9.17, 15) is 24.3 Å². The van der Waals surface area contributed by atoms with Gasteiger partial charge in [0.2, 0.25) is 23.6 Å². The summed E-state index contributed by atoms with van der Waals surface area (Å²) in [6.07, 6.45) is 1.04. The number of carbonyl (C=O) groups excluding carboxylic acids is 4. The Bertz CT molecular complexity index is 1230. The van der Waals surface area contributed by atoms with Gasteiger partial charge in [-0.3, -0.25) is 24.2 Å². The zero-order valence-corrected chi connectivity index (χ0v) is 25.4. The Morgan fingerprint density at radius 2 is 1.39 bits per heavy atom. The van der Waals surface area contributed by atoms with E-state index in [1.54, 1.807) is 24.3 Å². The highest BCUT2D eigenvalue weighted by Gasteiger charge is 2.29. The minimum atomic E-state index is -1.00. The molecule has 44 heavy (non-hydrogen) atoms. The molecule has 13 heteroatoms. The van der Waals surface area contributed by atoms with Gasteiger partial charge < -0.3 is 43.6 Å². The fourth-order valence-corrected chi connectivity index (χ4v) is 4.31. The van der Waals surface area contributed by atoms with Crippen molar-refractivity contribution in [3.63, 3.8) is 0 Å². The molecular weight excluding hydrogens is 564 g/mol. The summed E-state index contributed by atoms with van der Waals surface area (Å²) in [7, 11) is 0. The number of hydrogen-bond donors (Lipinski definition) is 8. The van der Waals surface area contributed by atoms with Crippen molar-refractivity contribution in [1.29, 1.82) is 0 Å². The number of nitrogens with one attached hydrogen (secondary N) is 4. The Hall–Kier alpha value is -4.65. The van der Waals surface area contributed by atoms with Crippen LogP contribution < -0.4 is 38.5 Å². The maximum Gasteiger partial charge on any atom is 0.243 e. The van der Waals surface area contributed by atoms with Crippen LogP contribution in [0.2, 0.25) is 0 Å². The molecule has 2 aromatic rings. The van der Waals surface area contributed by atoms with Crippen LogP contribution in [0.25, 0.3) is 0 Å². The molecule has 11 N–H and O–H groups in total. The van der Waals surface area contributed by atoms with Crippen LogP contribution in [-0.4, -0.2) is 72.5 Å². The fraction of sp³-hybridized carbons (Fsp3) is 0.452. The average molecular weight is 611 g/mol. The Labute approximate surface area is 258 Å². The lowest BCUT2D eigenvalue weighted by Crippen LogP contribution is -2.57. The van der Waals surface area contributed by atoms with Gasteiger partial charge in [-0.25, -0.2) is 0 Å². The number of rotatable bonds is 19. The van der Waals surface area contributed by atoms with Gasteiger partial charge >= 0.3 is 0 Å². The Kier molecular flexibility index (Phi) is 15.2. The second-order valence-corrected chi connectivity index (χ2v) is 11.0. The zero-order valence-electron chi connectivity index (χ0n) is 25.4. The molecule has 0 saturated heterocycles. The molecule has 2 aromatic carbocycles. The highest BCUT2D eigenvalue weighted by Crippen LogP contribution is 2.12. The van der Waals surface area contributed by atoms with Gasteiger partial charge in [-0.05, 0) is 55.0 Å². The van der Waals surface area contributed by atoms with Crippen molar-refractivity contribution in [2.75, 3.05) is 19.6 Å². The van der Waals surface area contributed by atoms with Gasteiger partial charge in [0.25, 0.3) is 0 Å². The molecule has 0 spiro atoms. The van der Waals surface area contributed by atoms with E-state index in [1.165, 1.54) is 0 Å². The number of guanidine groups is 1. The minimum absolute atomic E-state index is 0.0223. The van der Waals surface area contributed by atoms with Gasteiger partial charge in [0.05, 0.1) is 6.04 Å². The van der Waals surface area contributed by atoms with Crippen molar-refractivity contribution in [2.45, 2.75) is 64.1 Å². The number of benzene rings is 2. The number of nitrogens with two attached hydrogens (primary N) is 3. The first-order valence-electron chi connectivity index (χ1n) is 14.7. The number of primary amides is 1. The minimum Gasteiger partial charge on any atom is -0.508 e. The van der Waals surface area contributed by atoms with Crippen LogP contribution >= 0.6 is 0 Å². The quantitative estimate of drug-likeness (QED) is 0.0602. The molecule has 0 radical (unpaired) electrons. The first-order valence-corrected chi connectivity index (χ1v) is 14.7. The van der Waals surface area contributed by atoms with Crippen LogP contribution in [-0.2, 0) is 32.0 Å². The van der Waals surface area contributed by atoms with Gasteiger partial charge in [0, 0.05) is 25.9 Å². The molecule has 13 nitrogen and oxygen atoms in total. The van der Waals surface area contributed by atoms with Crippen molar-refractivity contribution >= 4 is 29.6 Å². The molecule has 0 heterocycles. The van der Waals surface area contributed by atoms with Gasteiger partial charge in [-0.15, -0.1) is 0 Å². The van der Waals surface area contributed by atoms with Gasteiger partial charge in [0.1, 0.15) is 17.8 Å². The number of aliphatic imine (C=N–C) groups is 1. The molecule has 240 valence electrons. The third-order valence-electron chi connectivity index (χ3n) is 6.63. The summed E-state index contributed by atoms with van der Waals surface area (Å²) < 4.78 is 0. The average Bonchev–Trinajstić information content (AvgIpc) is 2.97. The second kappa shape index (κ2) is 18.8.